The van der Waals surface area contributed by atoms with Crippen molar-refractivity contribution in [1.82, 2.24) is 5.32 Å². The summed E-state index contributed by atoms with van der Waals surface area (Å²) in [4.78, 5) is 13.2. The molecule has 0 aromatic heterocycles. The summed E-state index contributed by atoms with van der Waals surface area (Å²) in [5, 5.41) is 45.2. The quantitative estimate of drug-likeness (QED) is 0.0193. The van der Waals surface area contributed by atoms with Gasteiger partial charge in [-0.25, -0.2) is 4.18 Å². The Hall–Kier alpha value is -1.16. The Morgan fingerprint density at radius 1 is 0.500 bits per heavy atom. The molecule has 6 N–H and O–H groups in total. The number of allylic oxidation sites excluding steroid dienone is 2. The van der Waals surface area contributed by atoms with Gasteiger partial charge in [-0.2, -0.15) is 8.42 Å². The van der Waals surface area contributed by atoms with Crippen molar-refractivity contribution in [3.05, 3.63) is 12.2 Å². The third-order valence-corrected chi connectivity index (χ3v) is 16.8. The number of unbranched alkanes of at least 4 members (excludes halogenated alkanes) is 46. The molecule has 13 heteroatoms. The van der Waals surface area contributed by atoms with Crippen LogP contribution in [0.4, 0.5) is 0 Å². The Morgan fingerprint density at radius 2 is 0.821 bits per heavy atom. The van der Waals surface area contributed by atoms with Crippen LogP contribution in [0.3, 0.4) is 0 Å². The summed E-state index contributed by atoms with van der Waals surface area (Å²) in [6.07, 6.45) is 59.6. The van der Waals surface area contributed by atoms with E-state index in [1.165, 1.54) is 263 Å². The molecule has 7 unspecified atom stereocenters. The van der Waals surface area contributed by atoms with E-state index >= 15 is 0 Å². The van der Waals surface area contributed by atoms with Gasteiger partial charge in [0.1, 0.15) is 24.4 Å². The van der Waals surface area contributed by atoms with Crippen molar-refractivity contribution in [2.45, 2.75) is 384 Å². The average molecular weight is 1130 g/mol. The van der Waals surface area contributed by atoms with E-state index in [0.717, 1.165) is 51.4 Å². The maximum Gasteiger partial charge on any atom is 0.397 e. The van der Waals surface area contributed by atoms with Gasteiger partial charge >= 0.3 is 10.4 Å². The Labute approximate surface area is 480 Å². The molecule has 464 valence electrons. The number of carbonyl (C=O) groups is 1. The van der Waals surface area contributed by atoms with E-state index in [0.29, 0.717) is 12.8 Å². The van der Waals surface area contributed by atoms with Crippen LogP contribution >= 0.6 is 0 Å². The molecule has 0 saturated carbocycles. The van der Waals surface area contributed by atoms with Crippen LogP contribution in [-0.4, -0.2) is 95.4 Å². The van der Waals surface area contributed by atoms with E-state index in [2.05, 4.69) is 35.5 Å². The van der Waals surface area contributed by atoms with Crippen LogP contribution in [0.5, 0.6) is 0 Å². The van der Waals surface area contributed by atoms with Gasteiger partial charge in [-0.1, -0.05) is 309 Å². The van der Waals surface area contributed by atoms with Crippen molar-refractivity contribution in [3.8, 4) is 0 Å². The number of ether oxygens (including phenoxy) is 2. The fraction of sp³-hybridized carbons (Fsp3) is 0.954. The van der Waals surface area contributed by atoms with E-state index in [1.54, 1.807) is 0 Å². The molecule has 7 atom stereocenters. The molecule has 0 spiro atoms. The zero-order chi connectivity index (χ0) is 56.8. The van der Waals surface area contributed by atoms with Crippen LogP contribution < -0.4 is 5.32 Å². The van der Waals surface area contributed by atoms with Crippen LogP contribution in [0.15, 0.2) is 12.2 Å². The first kappa shape index (κ1) is 74.9. The van der Waals surface area contributed by atoms with Crippen LogP contribution in [0.2, 0.25) is 0 Å². The minimum Gasteiger partial charge on any atom is -0.394 e. The molecule has 0 radical (unpaired) electrons. The highest BCUT2D eigenvalue weighted by Gasteiger charge is 2.48. The molecular formula is C65H127NO11S. The van der Waals surface area contributed by atoms with Crippen molar-refractivity contribution in [1.29, 1.82) is 0 Å². The largest absolute Gasteiger partial charge is 0.397 e. The van der Waals surface area contributed by atoms with Gasteiger partial charge in [-0.05, 0) is 38.5 Å². The highest BCUT2D eigenvalue weighted by Crippen LogP contribution is 2.27. The smallest absolute Gasteiger partial charge is 0.394 e. The molecule has 1 fully saturated rings. The lowest BCUT2D eigenvalue weighted by atomic mass is 9.99. The van der Waals surface area contributed by atoms with Crippen molar-refractivity contribution in [2.75, 3.05) is 13.2 Å². The lowest BCUT2D eigenvalue weighted by Gasteiger charge is -2.41. The number of hydrogen-bond donors (Lipinski definition) is 6. The summed E-state index contributed by atoms with van der Waals surface area (Å²) >= 11 is 0. The van der Waals surface area contributed by atoms with Crippen molar-refractivity contribution < 1.29 is 51.8 Å². The monoisotopic (exact) mass is 1130 g/mol. The minimum absolute atomic E-state index is 0.222. The van der Waals surface area contributed by atoms with Gasteiger partial charge in [0.2, 0.25) is 5.91 Å². The molecule has 0 bridgehead atoms. The van der Waals surface area contributed by atoms with E-state index < -0.39 is 59.9 Å². The van der Waals surface area contributed by atoms with Gasteiger partial charge in [-0.3, -0.25) is 9.35 Å². The van der Waals surface area contributed by atoms with E-state index in [4.69, 9.17) is 9.47 Å². The fourth-order valence-electron chi connectivity index (χ4n) is 11.2. The summed E-state index contributed by atoms with van der Waals surface area (Å²) in [7, 11) is -5.08. The zero-order valence-electron chi connectivity index (χ0n) is 50.8. The number of carbonyl (C=O) groups excluding carboxylic acids is 1. The van der Waals surface area contributed by atoms with Crippen LogP contribution in [0.1, 0.15) is 341 Å². The minimum atomic E-state index is -5.08. The van der Waals surface area contributed by atoms with Gasteiger partial charge in [0.25, 0.3) is 0 Å². The van der Waals surface area contributed by atoms with Crippen LogP contribution in [0, 0.1) is 0 Å². The van der Waals surface area contributed by atoms with Crippen LogP contribution in [0.25, 0.3) is 0 Å². The molecule has 1 rings (SSSR count). The lowest BCUT2D eigenvalue weighted by molar-refractivity contribution is -0.298. The third-order valence-electron chi connectivity index (χ3n) is 16.3. The fourth-order valence-corrected chi connectivity index (χ4v) is 11.7. The second kappa shape index (κ2) is 55.1. The highest BCUT2D eigenvalue weighted by atomic mass is 32.3. The normalized spacial score (nSPS) is 18.8. The predicted octanol–water partition coefficient (Wildman–Crippen LogP) is 17.0. The number of nitrogens with one attached hydrogen (secondary N) is 1. The Balaban J connectivity index is 2.21. The molecular weight excluding hydrogens is 1000 g/mol. The Bertz CT molecular complexity index is 1420. The van der Waals surface area contributed by atoms with Crippen molar-refractivity contribution in [2.24, 2.45) is 0 Å². The highest BCUT2D eigenvalue weighted by molar-refractivity contribution is 7.80. The summed E-state index contributed by atoms with van der Waals surface area (Å²) in [5.41, 5.74) is 0. The number of amides is 1. The third kappa shape index (κ3) is 46.3. The zero-order valence-corrected chi connectivity index (χ0v) is 51.6. The van der Waals surface area contributed by atoms with Gasteiger partial charge in [0.15, 0.2) is 6.29 Å². The van der Waals surface area contributed by atoms with Gasteiger partial charge < -0.3 is 35.2 Å². The molecule has 0 aromatic carbocycles. The first-order valence-electron chi connectivity index (χ1n) is 33.6. The maximum atomic E-state index is 13.2. The summed E-state index contributed by atoms with van der Waals surface area (Å²) in [6, 6.07) is -0.856. The molecule has 0 aliphatic carbocycles. The predicted molar refractivity (Wildman–Crippen MR) is 324 cm³/mol. The molecule has 78 heavy (non-hydrogen) atoms. The first-order valence-corrected chi connectivity index (χ1v) is 34.9. The summed E-state index contributed by atoms with van der Waals surface area (Å²) in [6.45, 7) is 3.51. The van der Waals surface area contributed by atoms with E-state index in [9.17, 15) is 38.2 Å². The Kier molecular flexibility index (Phi) is 52.8. The van der Waals surface area contributed by atoms with Crippen molar-refractivity contribution >= 4 is 16.3 Å². The van der Waals surface area contributed by atoms with Gasteiger partial charge in [-0.15, -0.1) is 0 Å². The number of rotatable bonds is 60. The number of aliphatic hydroxyl groups is 4. The second-order valence-corrected chi connectivity index (χ2v) is 24.8. The molecule has 1 saturated heterocycles. The molecule has 0 aromatic rings. The molecule has 12 nitrogen and oxygen atoms in total. The summed E-state index contributed by atoms with van der Waals surface area (Å²) in [5.74, 6) is -0.222. The molecule has 1 aliphatic heterocycles. The topological polar surface area (TPSA) is 192 Å². The maximum absolute atomic E-state index is 13.2. The first-order chi connectivity index (χ1) is 38.0. The number of hydrogen-bond acceptors (Lipinski definition) is 10. The standard InChI is InChI=1S/C65H127NO11S/c1-3-5-7-9-11-13-15-17-19-21-23-24-25-26-27-28-29-30-31-32-33-34-35-36-37-39-41-43-45-47-49-51-53-55-61(69)66-58(57-75-65-63(71)64(77-78(72,73)74)62(70)60(56-67)76-65)59(68)54-52-50-48-46-44-42-40-38-22-20-18-16-14-12-10-8-6-4-2/h26-27,58-60,62-65,67-68,70-71H,3-25,28-57H2,1-2H3,(H,66,69)(H,72,73,74)/b27-26-. The van der Waals surface area contributed by atoms with E-state index in [1.807, 2.05) is 0 Å². The average Bonchev–Trinajstić information content (AvgIpc) is 3.43. The number of aliphatic hydroxyl groups excluding tert-OH is 4. The molecule has 1 amide bonds. The summed E-state index contributed by atoms with van der Waals surface area (Å²) < 4.78 is 48.0. The van der Waals surface area contributed by atoms with Crippen LogP contribution in [-0.2, 0) is 28.9 Å². The SMILES string of the molecule is CCCCCCCCCCCCCC/C=C\CCCCCCCCCCCCCCCCCCCC(=O)NC(COC1OC(CO)C(O)C(OS(=O)(=O)O)C1O)C(O)CCCCCCCCCCCCCCCCCCCC. The van der Waals surface area contributed by atoms with E-state index in [-0.39, 0.29) is 12.5 Å². The van der Waals surface area contributed by atoms with Gasteiger partial charge in [0, 0.05) is 6.42 Å². The molecule has 1 aliphatic rings. The Morgan fingerprint density at radius 3 is 1.15 bits per heavy atom. The second-order valence-electron chi connectivity index (χ2n) is 23.8. The lowest BCUT2D eigenvalue weighted by Crippen LogP contribution is -2.61. The van der Waals surface area contributed by atoms with Gasteiger partial charge in [0.05, 0.1) is 25.4 Å². The van der Waals surface area contributed by atoms with Crippen molar-refractivity contribution in [3.63, 3.8) is 0 Å². The molecule has 1 heterocycles.